The number of carbonyl (C=O) groups is 1. The van der Waals surface area contributed by atoms with Gasteiger partial charge in [0.2, 0.25) is 5.91 Å². The highest BCUT2D eigenvalue weighted by Gasteiger charge is 2.00. The van der Waals surface area contributed by atoms with Gasteiger partial charge in [-0.15, -0.1) is 0 Å². The molecule has 0 fully saturated rings. The molecule has 0 saturated carbocycles. The Kier molecular flexibility index (Phi) is 4.34. The van der Waals surface area contributed by atoms with Crippen LogP contribution in [-0.2, 0) is 4.79 Å². The van der Waals surface area contributed by atoms with Crippen molar-refractivity contribution in [1.29, 1.82) is 0 Å². The van der Waals surface area contributed by atoms with Gasteiger partial charge in [0.15, 0.2) is 0 Å². The van der Waals surface area contributed by atoms with E-state index in [1.54, 1.807) is 49.8 Å². The lowest BCUT2D eigenvalue weighted by atomic mass is 10.1. The summed E-state index contributed by atoms with van der Waals surface area (Å²) < 4.78 is 5.07. The fraction of sp³-hybridized carbons (Fsp3) is 0.0667. The number of methoxy groups -OCH3 is 1. The Morgan fingerprint density at radius 1 is 1.40 bits per heavy atom. The van der Waals surface area contributed by atoms with E-state index in [0.29, 0.717) is 17.1 Å². The molecule has 0 unspecified atom stereocenters. The zero-order chi connectivity index (χ0) is 14.4. The number of hydrogen-bond donors (Lipinski definition) is 2. The fourth-order valence-electron chi connectivity index (χ4n) is 1.65. The zero-order valence-electron chi connectivity index (χ0n) is 11.0. The summed E-state index contributed by atoms with van der Waals surface area (Å²) in [6.07, 6.45) is 6.35. The monoisotopic (exact) mass is 269 g/mol. The third-order valence-corrected chi connectivity index (χ3v) is 2.61. The number of nitrogens with two attached hydrogens (primary N) is 1. The largest absolute Gasteiger partial charge is 0.495 e. The topological polar surface area (TPSA) is 77.2 Å². The highest BCUT2D eigenvalue weighted by molar-refractivity contribution is 6.01. The molecule has 5 nitrogen and oxygen atoms in total. The summed E-state index contributed by atoms with van der Waals surface area (Å²) in [7, 11) is 1.56. The molecular formula is C15H15N3O2. The molecule has 3 N–H and O–H groups in total. The quantitative estimate of drug-likeness (QED) is 0.659. The van der Waals surface area contributed by atoms with Crippen LogP contribution in [0.5, 0.6) is 5.75 Å². The third-order valence-electron chi connectivity index (χ3n) is 2.61. The van der Waals surface area contributed by atoms with Gasteiger partial charge in [-0.05, 0) is 35.9 Å². The number of anilines is 2. The summed E-state index contributed by atoms with van der Waals surface area (Å²) in [6.45, 7) is 0. The second-order valence-corrected chi connectivity index (χ2v) is 4.07. The lowest BCUT2D eigenvalue weighted by Gasteiger charge is -2.04. The van der Waals surface area contributed by atoms with Gasteiger partial charge in [0.25, 0.3) is 0 Å². The number of hydrogen-bond acceptors (Lipinski definition) is 4. The van der Waals surface area contributed by atoms with E-state index in [9.17, 15) is 4.79 Å². The van der Waals surface area contributed by atoms with Gasteiger partial charge >= 0.3 is 0 Å². The van der Waals surface area contributed by atoms with Crippen molar-refractivity contribution in [2.24, 2.45) is 0 Å². The molecule has 2 aromatic rings. The van der Waals surface area contributed by atoms with Gasteiger partial charge in [-0.25, -0.2) is 0 Å². The molecule has 20 heavy (non-hydrogen) atoms. The van der Waals surface area contributed by atoms with Gasteiger partial charge in [-0.3, -0.25) is 9.78 Å². The summed E-state index contributed by atoms with van der Waals surface area (Å²) in [5.41, 5.74) is 7.80. The molecule has 1 aromatic heterocycles. The molecule has 0 aliphatic rings. The predicted molar refractivity (Wildman–Crippen MR) is 79.3 cm³/mol. The van der Waals surface area contributed by atoms with Crippen molar-refractivity contribution < 1.29 is 9.53 Å². The maximum absolute atomic E-state index is 11.7. The Labute approximate surface area is 117 Å². The molecule has 102 valence electrons. The number of nitrogens with one attached hydrogen (secondary N) is 1. The van der Waals surface area contributed by atoms with Crippen LogP contribution in [-0.4, -0.2) is 18.0 Å². The summed E-state index contributed by atoms with van der Waals surface area (Å²) in [6, 6.07) is 8.84. The van der Waals surface area contributed by atoms with Crippen molar-refractivity contribution in [3.63, 3.8) is 0 Å². The SMILES string of the molecule is COc1ccc(/C=C\C(=O)Nc2cccnc2)cc1N. The summed E-state index contributed by atoms with van der Waals surface area (Å²) >= 11 is 0. The Morgan fingerprint density at radius 2 is 2.25 bits per heavy atom. The van der Waals surface area contributed by atoms with Crippen LogP contribution in [0, 0.1) is 0 Å². The van der Waals surface area contributed by atoms with Crippen LogP contribution in [0.15, 0.2) is 48.8 Å². The van der Waals surface area contributed by atoms with E-state index in [1.165, 1.54) is 6.08 Å². The average Bonchev–Trinajstić information content (AvgIpc) is 2.46. The highest BCUT2D eigenvalue weighted by Crippen LogP contribution is 2.22. The smallest absolute Gasteiger partial charge is 0.248 e. The molecule has 0 aliphatic carbocycles. The summed E-state index contributed by atoms with van der Waals surface area (Å²) in [5.74, 6) is 0.384. The lowest BCUT2D eigenvalue weighted by molar-refractivity contribution is -0.111. The minimum Gasteiger partial charge on any atom is -0.495 e. The van der Waals surface area contributed by atoms with Gasteiger partial charge in [-0.2, -0.15) is 0 Å². The maximum Gasteiger partial charge on any atom is 0.248 e. The molecule has 0 radical (unpaired) electrons. The van der Waals surface area contributed by atoms with E-state index in [2.05, 4.69) is 10.3 Å². The number of rotatable bonds is 4. The Morgan fingerprint density at radius 3 is 2.90 bits per heavy atom. The van der Waals surface area contributed by atoms with Crippen LogP contribution in [0.3, 0.4) is 0 Å². The first kappa shape index (κ1) is 13.6. The van der Waals surface area contributed by atoms with E-state index in [1.807, 2.05) is 6.07 Å². The van der Waals surface area contributed by atoms with Crippen LogP contribution in [0.2, 0.25) is 0 Å². The van der Waals surface area contributed by atoms with E-state index < -0.39 is 0 Å². The summed E-state index contributed by atoms with van der Waals surface area (Å²) in [5, 5.41) is 2.71. The average molecular weight is 269 g/mol. The first-order valence-corrected chi connectivity index (χ1v) is 6.01. The van der Waals surface area contributed by atoms with Crippen molar-refractivity contribution in [3.05, 3.63) is 54.4 Å². The Bertz CT molecular complexity index is 624. The maximum atomic E-state index is 11.7. The third kappa shape index (κ3) is 3.58. The van der Waals surface area contributed by atoms with Gasteiger partial charge in [0.1, 0.15) is 5.75 Å². The van der Waals surface area contributed by atoms with Gasteiger partial charge < -0.3 is 15.8 Å². The number of aromatic nitrogens is 1. The summed E-state index contributed by atoms with van der Waals surface area (Å²) in [4.78, 5) is 15.6. The van der Waals surface area contributed by atoms with Gasteiger partial charge in [0, 0.05) is 12.3 Å². The molecular weight excluding hydrogens is 254 g/mol. The fourth-order valence-corrected chi connectivity index (χ4v) is 1.65. The number of benzene rings is 1. The number of nitrogens with zero attached hydrogens (tertiary/aromatic N) is 1. The minimum absolute atomic E-state index is 0.229. The van der Waals surface area contributed by atoms with E-state index in [-0.39, 0.29) is 5.91 Å². The molecule has 0 atom stereocenters. The highest BCUT2D eigenvalue weighted by atomic mass is 16.5. The van der Waals surface area contributed by atoms with Crippen molar-refractivity contribution in [2.45, 2.75) is 0 Å². The lowest BCUT2D eigenvalue weighted by Crippen LogP contribution is -2.07. The molecule has 0 bridgehead atoms. The Balaban J connectivity index is 2.02. The van der Waals surface area contributed by atoms with Crippen LogP contribution in [0.1, 0.15) is 5.56 Å². The molecule has 0 aliphatic heterocycles. The van der Waals surface area contributed by atoms with Gasteiger partial charge in [0.05, 0.1) is 24.7 Å². The van der Waals surface area contributed by atoms with Crippen LogP contribution < -0.4 is 15.8 Å². The van der Waals surface area contributed by atoms with Crippen LogP contribution >= 0.6 is 0 Å². The molecule has 1 amide bonds. The second kappa shape index (κ2) is 6.38. The first-order chi connectivity index (χ1) is 9.69. The molecule has 0 spiro atoms. The van der Waals surface area contributed by atoms with Crippen molar-refractivity contribution in [3.8, 4) is 5.75 Å². The van der Waals surface area contributed by atoms with Crippen LogP contribution in [0.25, 0.3) is 6.08 Å². The van der Waals surface area contributed by atoms with Crippen molar-refractivity contribution in [2.75, 3.05) is 18.2 Å². The number of nitrogen functional groups attached to an aromatic ring is 1. The molecule has 5 heteroatoms. The molecule has 1 aromatic carbocycles. The second-order valence-electron chi connectivity index (χ2n) is 4.07. The molecule has 1 heterocycles. The van der Waals surface area contributed by atoms with Crippen LogP contribution in [0.4, 0.5) is 11.4 Å². The Hall–Kier alpha value is -2.82. The van der Waals surface area contributed by atoms with Crippen molar-refractivity contribution in [1.82, 2.24) is 4.98 Å². The number of amides is 1. The zero-order valence-corrected chi connectivity index (χ0v) is 11.0. The predicted octanol–water partition coefficient (Wildman–Crippen LogP) is 2.32. The minimum atomic E-state index is -0.229. The normalized spacial score (nSPS) is 10.4. The number of carbonyl (C=O) groups excluding carboxylic acids is 1. The number of pyridine rings is 1. The standard InChI is InChI=1S/C15H15N3O2/c1-20-14-6-4-11(9-13(14)16)5-7-15(19)18-12-3-2-8-17-10-12/h2-10H,16H2,1H3,(H,18,19)/b7-5-. The van der Waals surface area contributed by atoms with Crippen molar-refractivity contribution >= 4 is 23.4 Å². The van der Waals surface area contributed by atoms with E-state index >= 15 is 0 Å². The molecule has 2 rings (SSSR count). The van der Waals surface area contributed by atoms with E-state index in [4.69, 9.17) is 10.5 Å². The number of ether oxygens (including phenoxy) is 1. The first-order valence-electron chi connectivity index (χ1n) is 6.01. The molecule has 0 saturated heterocycles. The van der Waals surface area contributed by atoms with E-state index in [0.717, 1.165) is 5.56 Å². The van der Waals surface area contributed by atoms with Gasteiger partial charge in [-0.1, -0.05) is 6.07 Å².